The van der Waals surface area contributed by atoms with Gasteiger partial charge in [-0.2, -0.15) is 0 Å². The molecule has 0 fully saturated rings. The van der Waals surface area contributed by atoms with Gasteiger partial charge < -0.3 is 4.74 Å². The molecule has 0 N–H and O–H groups in total. The highest BCUT2D eigenvalue weighted by Gasteiger charge is 2.04. The SMILES string of the molecule is Cc1ccc(Oc2ncc(C)cc2Cl)cc1. The molecule has 82 valence electrons. The zero-order valence-electron chi connectivity index (χ0n) is 9.20. The number of hydrogen-bond acceptors (Lipinski definition) is 2. The Balaban J connectivity index is 2.23. The van der Waals surface area contributed by atoms with E-state index in [0.717, 1.165) is 11.3 Å². The predicted octanol–water partition coefficient (Wildman–Crippen LogP) is 4.14. The van der Waals surface area contributed by atoms with Crippen molar-refractivity contribution in [2.75, 3.05) is 0 Å². The number of pyridine rings is 1. The van der Waals surface area contributed by atoms with E-state index in [1.807, 2.05) is 44.2 Å². The second kappa shape index (κ2) is 4.54. The number of aromatic nitrogens is 1. The van der Waals surface area contributed by atoms with Crippen molar-refractivity contribution in [3.05, 3.63) is 52.7 Å². The molecule has 0 unspecified atom stereocenters. The van der Waals surface area contributed by atoms with Gasteiger partial charge in [0.1, 0.15) is 10.8 Å². The summed E-state index contributed by atoms with van der Waals surface area (Å²) in [5.74, 6) is 1.18. The van der Waals surface area contributed by atoms with E-state index >= 15 is 0 Å². The van der Waals surface area contributed by atoms with Crippen LogP contribution in [-0.4, -0.2) is 4.98 Å². The highest BCUT2D eigenvalue weighted by Crippen LogP contribution is 2.27. The number of benzene rings is 1. The zero-order chi connectivity index (χ0) is 11.5. The van der Waals surface area contributed by atoms with Crippen LogP contribution < -0.4 is 4.74 Å². The van der Waals surface area contributed by atoms with E-state index in [2.05, 4.69) is 4.98 Å². The van der Waals surface area contributed by atoms with Gasteiger partial charge in [-0.1, -0.05) is 29.3 Å². The number of rotatable bonds is 2. The second-order valence-electron chi connectivity index (χ2n) is 3.71. The fourth-order valence-electron chi connectivity index (χ4n) is 1.31. The minimum absolute atomic E-state index is 0.441. The van der Waals surface area contributed by atoms with Crippen LogP contribution in [0.3, 0.4) is 0 Å². The minimum atomic E-state index is 0.441. The molecule has 0 aliphatic heterocycles. The Hall–Kier alpha value is -1.54. The van der Waals surface area contributed by atoms with Crippen molar-refractivity contribution >= 4 is 11.6 Å². The summed E-state index contributed by atoms with van der Waals surface area (Å²) in [5.41, 5.74) is 2.21. The molecule has 2 rings (SSSR count). The van der Waals surface area contributed by atoms with E-state index in [0.29, 0.717) is 10.9 Å². The Morgan fingerprint density at radius 1 is 1.06 bits per heavy atom. The Bertz CT molecular complexity index is 494. The smallest absolute Gasteiger partial charge is 0.238 e. The lowest BCUT2D eigenvalue weighted by Crippen LogP contribution is -1.89. The van der Waals surface area contributed by atoms with Crippen molar-refractivity contribution < 1.29 is 4.74 Å². The van der Waals surface area contributed by atoms with Crippen molar-refractivity contribution in [2.45, 2.75) is 13.8 Å². The molecule has 0 radical (unpaired) electrons. The Kier molecular flexibility index (Phi) is 3.11. The van der Waals surface area contributed by atoms with E-state index in [4.69, 9.17) is 16.3 Å². The Labute approximate surface area is 99.9 Å². The normalized spacial score (nSPS) is 10.2. The van der Waals surface area contributed by atoms with Crippen LogP contribution in [0, 0.1) is 13.8 Å². The van der Waals surface area contributed by atoms with Crippen LogP contribution in [0.25, 0.3) is 0 Å². The molecule has 0 saturated heterocycles. The average molecular weight is 234 g/mol. The molecule has 0 atom stereocenters. The molecule has 0 aliphatic rings. The standard InChI is InChI=1S/C13H12ClNO/c1-9-3-5-11(6-4-9)16-13-12(14)7-10(2)8-15-13/h3-8H,1-2H3. The van der Waals surface area contributed by atoms with E-state index in [-0.39, 0.29) is 0 Å². The van der Waals surface area contributed by atoms with E-state index in [9.17, 15) is 0 Å². The van der Waals surface area contributed by atoms with Gasteiger partial charge in [0, 0.05) is 6.20 Å². The van der Waals surface area contributed by atoms with Gasteiger partial charge in [0.15, 0.2) is 0 Å². The molecule has 2 aromatic rings. The van der Waals surface area contributed by atoms with Gasteiger partial charge in [-0.05, 0) is 37.6 Å². The van der Waals surface area contributed by atoms with Crippen LogP contribution in [-0.2, 0) is 0 Å². The van der Waals surface area contributed by atoms with Crippen LogP contribution in [0.4, 0.5) is 0 Å². The Morgan fingerprint density at radius 2 is 1.75 bits per heavy atom. The first kappa shape index (κ1) is 11.0. The summed E-state index contributed by atoms with van der Waals surface area (Å²) in [4.78, 5) is 4.14. The molecule has 0 amide bonds. The quantitative estimate of drug-likeness (QED) is 0.778. The van der Waals surface area contributed by atoms with Gasteiger partial charge in [-0.3, -0.25) is 0 Å². The number of aryl methyl sites for hydroxylation is 2. The lowest BCUT2D eigenvalue weighted by Gasteiger charge is -2.06. The number of hydrogen-bond donors (Lipinski definition) is 0. The van der Waals surface area contributed by atoms with Gasteiger partial charge in [0.2, 0.25) is 5.88 Å². The maximum atomic E-state index is 6.02. The third-order valence-electron chi connectivity index (χ3n) is 2.18. The lowest BCUT2D eigenvalue weighted by atomic mass is 10.2. The highest BCUT2D eigenvalue weighted by atomic mass is 35.5. The van der Waals surface area contributed by atoms with Crippen molar-refractivity contribution in [3.8, 4) is 11.6 Å². The molecule has 0 spiro atoms. The van der Waals surface area contributed by atoms with Crippen LogP contribution in [0.2, 0.25) is 5.02 Å². The number of nitrogens with zero attached hydrogens (tertiary/aromatic N) is 1. The van der Waals surface area contributed by atoms with E-state index < -0.39 is 0 Å². The summed E-state index contributed by atoms with van der Waals surface area (Å²) < 4.78 is 5.58. The van der Waals surface area contributed by atoms with Crippen molar-refractivity contribution in [2.24, 2.45) is 0 Å². The molecule has 1 heterocycles. The van der Waals surface area contributed by atoms with E-state index in [1.165, 1.54) is 5.56 Å². The molecule has 16 heavy (non-hydrogen) atoms. The summed E-state index contributed by atoms with van der Waals surface area (Å²) in [6, 6.07) is 9.59. The maximum absolute atomic E-state index is 6.02. The zero-order valence-corrected chi connectivity index (χ0v) is 9.95. The summed E-state index contributed by atoms with van der Waals surface area (Å²) in [5, 5.41) is 0.528. The molecule has 2 nitrogen and oxygen atoms in total. The summed E-state index contributed by atoms with van der Waals surface area (Å²) in [7, 11) is 0. The average Bonchev–Trinajstić information content (AvgIpc) is 2.25. The molecule has 0 bridgehead atoms. The first-order valence-electron chi connectivity index (χ1n) is 5.02. The molecule has 0 aliphatic carbocycles. The van der Waals surface area contributed by atoms with Gasteiger partial charge in [-0.25, -0.2) is 4.98 Å². The minimum Gasteiger partial charge on any atom is -0.438 e. The number of halogens is 1. The van der Waals surface area contributed by atoms with Gasteiger partial charge >= 0.3 is 0 Å². The fraction of sp³-hybridized carbons (Fsp3) is 0.154. The molecule has 1 aromatic heterocycles. The summed E-state index contributed by atoms with van der Waals surface area (Å²) >= 11 is 6.02. The third kappa shape index (κ3) is 2.52. The van der Waals surface area contributed by atoms with Crippen molar-refractivity contribution in [1.29, 1.82) is 0 Å². The Morgan fingerprint density at radius 3 is 2.38 bits per heavy atom. The van der Waals surface area contributed by atoms with E-state index in [1.54, 1.807) is 6.20 Å². The fourth-order valence-corrected chi connectivity index (χ4v) is 1.57. The monoisotopic (exact) mass is 233 g/mol. The first-order chi connectivity index (χ1) is 7.65. The summed E-state index contributed by atoms with van der Waals surface area (Å²) in [6.45, 7) is 3.97. The van der Waals surface area contributed by atoms with Crippen molar-refractivity contribution in [1.82, 2.24) is 4.98 Å². The largest absolute Gasteiger partial charge is 0.438 e. The third-order valence-corrected chi connectivity index (χ3v) is 2.45. The van der Waals surface area contributed by atoms with Gasteiger partial charge in [0.25, 0.3) is 0 Å². The molecular formula is C13H12ClNO. The van der Waals surface area contributed by atoms with Gasteiger partial charge in [0.05, 0.1) is 0 Å². The highest BCUT2D eigenvalue weighted by molar-refractivity contribution is 6.31. The first-order valence-corrected chi connectivity index (χ1v) is 5.39. The molecular weight excluding hydrogens is 222 g/mol. The van der Waals surface area contributed by atoms with Crippen molar-refractivity contribution in [3.63, 3.8) is 0 Å². The topological polar surface area (TPSA) is 22.1 Å². The summed E-state index contributed by atoms with van der Waals surface area (Å²) in [6.07, 6.45) is 1.73. The predicted molar refractivity (Wildman–Crippen MR) is 65.2 cm³/mol. The number of ether oxygens (including phenoxy) is 1. The lowest BCUT2D eigenvalue weighted by molar-refractivity contribution is 0.463. The molecule has 0 saturated carbocycles. The van der Waals surface area contributed by atoms with Gasteiger partial charge in [-0.15, -0.1) is 0 Å². The van der Waals surface area contributed by atoms with Crippen LogP contribution in [0.5, 0.6) is 11.6 Å². The van der Waals surface area contributed by atoms with Crippen LogP contribution in [0.15, 0.2) is 36.5 Å². The second-order valence-corrected chi connectivity index (χ2v) is 4.12. The molecule has 3 heteroatoms. The maximum Gasteiger partial charge on any atom is 0.238 e. The molecule has 1 aromatic carbocycles. The van der Waals surface area contributed by atoms with Crippen LogP contribution in [0.1, 0.15) is 11.1 Å². The van der Waals surface area contributed by atoms with Crippen LogP contribution >= 0.6 is 11.6 Å².